The van der Waals surface area contributed by atoms with E-state index < -0.39 is 6.04 Å². The Morgan fingerprint density at radius 3 is 2.52 bits per heavy atom. The second-order valence-corrected chi connectivity index (χ2v) is 8.54. The van der Waals surface area contributed by atoms with Gasteiger partial charge in [-0.05, 0) is 38.1 Å². The van der Waals surface area contributed by atoms with Gasteiger partial charge in [0.15, 0.2) is 0 Å². The maximum atomic E-state index is 14.6. The Hall–Kier alpha value is -2.97. The van der Waals surface area contributed by atoms with Crippen molar-refractivity contribution in [3.8, 4) is 11.5 Å². The molecule has 4 rings (SSSR count). The van der Waals surface area contributed by atoms with Crippen LogP contribution in [0.15, 0.2) is 47.6 Å². The molecule has 0 saturated carbocycles. The molecule has 0 N–H and O–H groups in total. The van der Waals surface area contributed by atoms with Crippen LogP contribution in [0.4, 0.5) is 4.39 Å². The van der Waals surface area contributed by atoms with Crippen molar-refractivity contribution in [3.05, 3.63) is 59.4 Å². The summed E-state index contributed by atoms with van der Waals surface area (Å²) in [5.41, 5.74) is 1.69. The molecule has 3 unspecified atom stereocenters. The van der Waals surface area contributed by atoms with E-state index in [0.29, 0.717) is 42.3 Å². The summed E-state index contributed by atoms with van der Waals surface area (Å²) in [6.45, 7) is 5.54. The zero-order chi connectivity index (χ0) is 23.5. The molecule has 0 aliphatic carbocycles. The van der Waals surface area contributed by atoms with E-state index in [0.717, 1.165) is 5.56 Å². The molecule has 3 atom stereocenters. The highest BCUT2D eigenvalue weighted by molar-refractivity contribution is 6.03. The molecule has 1 amide bonds. The molecule has 1 saturated heterocycles. The van der Waals surface area contributed by atoms with Gasteiger partial charge < -0.3 is 14.2 Å². The minimum Gasteiger partial charge on any atom is -0.497 e. The molecule has 2 aromatic carbocycles. The van der Waals surface area contributed by atoms with Gasteiger partial charge in [0.25, 0.3) is 5.91 Å². The lowest BCUT2D eigenvalue weighted by atomic mass is 9.97. The number of methoxy groups -OCH3 is 2. The Labute approximate surface area is 193 Å². The Balaban J connectivity index is 1.68. The van der Waals surface area contributed by atoms with Crippen molar-refractivity contribution >= 4 is 11.6 Å². The fraction of sp³-hybridized carbons (Fsp3) is 0.440. The first kappa shape index (κ1) is 23.2. The van der Waals surface area contributed by atoms with E-state index in [4.69, 9.17) is 14.2 Å². The van der Waals surface area contributed by atoms with Crippen molar-refractivity contribution in [1.82, 2.24) is 9.91 Å². The second-order valence-electron chi connectivity index (χ2n) is 8.54. The molecule has 1 fully saturated rings. The quantitative estimate of drug-likeness (QED) is 0.666. The van der Waals surface area contributed by atoms with E-state index in [2.05, 4.69) is 10.0 Å². The third kappa shape index (κ3) is 5.02. The summed E-state index contributed by atoms with van der Waals surface area (Å²) in [7, 11) is 3.17. The summed E-state index contributed by atoms with van der Waals surface area (Å²) in [6.07, 6.45) is 0.463. The van der Waals surface area contributed by atoms with Crippen LogP contribution < -0.4 is 9.47 Å². The number of ether oxygens (including phenoxy) is 3. The smallest absolute Gasteiger partial charge is 0.257 e. The summed E-state index contributed by atoms with van der Waals surface area (Å²) >= 11 is 0. The Bertz CT molecular complexity index is 1030. The van der Waals surface area contributed by atoms with Crippen molar-refractivity contribution in [3.63, 3.8) is 0 Å². The second kappa shape index (κ2) is 9.89. The van der Waals surface area contributed by atoms with Crippen molar-refractivity contribution in [1.29, 1.82) is 0 Å². The summed E-state index contributed by atoms with van der Waals surface area (Å²) < 4.78 is 31.4. The zero-order valence-corrected chi connectivity index (χ0v) is 19.5. The number of halogens is 1. The molecule has 2 heterocycles. The minimum atomic E-state index is -0.437. The summed E-state index contributed by atoms with van der Waals surface area (Å²) in [4.78, 5) is 15.6. The number of nitrogens with zero attached hydrogens (tertiary/aromatic N) is 3. The highest BCUT2D eigenvalue weighted by Gasteiger charge is 2.37. The van der Waals surface area contributed by atoms with Crippen molar-refractivity contribution in [2.75, 3.05) is 33.9 Å². The molecule has 0 spiro atoms. The van der Waals surface area contributed by atoms with Gasteiger partial charge in [-0.1, -0.05) is 18.2 Å². The summed E-state index contributed by atoms with van der Waals surface area (Å²) in [6, 6.07) is 11.5. The van der Waals surface area contributed by atoms with Gasteiger partial charge in [-0.25, -0.2) is 9.40 Å². The highest BCUT2D eigenvalue weighted by atomic mass is 19.1. The highest BCUT2D eigenvalue weighted by Crippen LogP contribution is 2.39. The lowest BCUT2D eigenvalue weighted by Gasteiger charge is -2.35. The Morgan fingerprint density at radius 1 is 1.12 bits per heavy atom. The third-order valence-corrected chi connectivity index (χ3v) is 6.00. The SMILES string of the molecule is COc1ccc(OC)c(C2CC(c3ccccc3F)=NN2C(=O)CN2CC(C)OC(C)C2)c1. The fourth-order valence-corrected chi connectivity index (χ4v) is 4.62. The molecule has 0 radical (unpaired) electrons. The van der Waals surface area contributed by atoms with Crippen LogP contribution in [-0.2, 0) is 9.53 Å². The lowest BCUT2D eigenvalue weighted by Crippen LogP contribution is -2.49. The fourth-order valence-electron chi connectivity index (χ4n) is 4.62. The van der Waals surface area contributed by atoms with Gasteiger partial charge in [-0.2, -0.15) is 5.10 Å². The van der Waals surface area contributed by atoms with Crippen LogP contribution in [0.1, 0.15) is 37.4 Å². The van der Waals surface area contributed by atoms with E-state index in [1.54, 1.807) is 38.5 Å². The van der Waals surface area contributed by atoms with Gasteiger partial charge >= 0.3 is 0 Å². The number of hydrogen-bond donors (Lipinski definition) is 0. The molecular formula is C25H30FN3O4. The molecule has 7 nitrogen and oxygen atoms in total. The van der Waals surface area contributed by atoms with Crippen LogP contribution >= 0.6 is 0 Å². The molecule has 0 aromatic heterocycles. The first-order chi connectivity index (χ1) is 15.9. The number of rotatable bonds is 6. The third-order valence-electron chi connectivity index (χ3n) is 6.00. The van der Waals surface area contributed by atoms with E-state index in [9.17, 15) is 9.18 Å². The maximum Gasteiger partial charge on any atom is 0.257 e. The maximum absolute atomic E-state index is 14.6. The predicted molar refractivity (Wildman–Crippen MR) is 123 cm³/mol. The predicted octanol–water partition coefficient (Wildman–Crippen LogP) is 3.63. The molecule has 2 aromatic rings. The van der Waals surface area contributed by atoms with Crippen LogP contribution in [0.5, 0.6) is 11.5 Å². The first-order valence-electron chi connectivity index (χ1n) is 11.1. The average Bonchev–Trinajstić information content (AvgIpc) is 3.23. The number of amides is 1. The summed E-state index contributed by atoms with van der Waals surface area (Å²) in [5.74, 6) is 0.751. The van der Waals surface area contributed by atoms with Gasteiger partial charge in [0.2, 0.25) is 0 Å². The zero-order valence-electron chi connectivity index (χ0n) is 19.5. The molecule has 2 aliphatic heterocycles. The Kier molecular flexibility index (Phi) is 6.95. The largest absolute Gasteiger partial charge is 0.497 e. The lowest BCUT2D eigenvalue weighted by molar-refractivity contribution is -0.137. The van der Waals surface area contributed by atoms with E-state index in [1.165, 1.54) is 11.1 Å². The number of hydrazone groups is 1. The minimum absolute atomic E-state index is 0.0480. The van der Waals surface area contributed by atoms with E-state index >= 15 is 0 Å². The van der Waals surface area contributed by atoms with Gasteiger partial charge in [0, 0.05) is 30.6 Å². The van der Waals surface area contributed by atoms with Crippen LogP contribution in [-0.4, -0.2) is 67.6 Å². The molecular weight excluding hydrogens is 425 g/mol. The van der Waals surface area contributed by atoms with Gasteiger partial charge in [0.05, 0.1) is 44.7 Å². The molecule has 0 bridgehead atoms. The standard InChI is InChI=1S/C25H30FN3O4/c1-16-13-28(14-17(2)33-16)15-25(30)29-23(20-11-18(31-3)9-10-24(20)32-4)12-22(27-29)19-7-5-6-8-21(19)26/h5-11,16-17,23H,12-15H2,1-4H3. The first-order valence-corrected chi connectivity index (χ1v) is 11.1. The molecule has 2 aliphatic rings. The van der Waals surface area contributed by atoms with Crippen LogP contribution in [0.25, 0.3) is 0 Å². The van der Waals surface area contributed by atoms with Gasteiger partial charge in [0.1, 0.15) is 17.3 Å². The average molecular weight is 456 g/mol. The van der Waals surface area contributed by atoms with E-state index in [-0.39, 0.29) is 30.5 Å². The van der Waals surface area contributed by atoms with Crippen molar-refractivity contribution < 1.29 is 23.4 Å². The van der Waals surface area contributed by atoms with Crippen molar-refractivity contribution in [2.45, 2.75) is 38.5 Å². The normalized spacial score (nSPS) is 23.4. The monoisotopic (exact) mass is 455 g/mol. The van der Waals surface area contributed by atoms with E-state index in [1.807, 2.05) is 26.0 Å². The van der Waals surface area contributed by atoms with Gasteiger partial charge in [-0.15, -0.1) is 0 Å². The van der Waals surface area contributed by atoms with Crippen LogP contribution in [0, 0.1) is 5.82 Å². The number of hydrogen-bond acceptors (Lipinski definition) is 6. The van der Waals surface area contributed by atoms with Crippen molar-refractivity contribution in [2.24, 2.45) is 5.10 Å². The number of carbonyl (C=O) groups excluding carboxylic acids is 1. The number of morpholine rings is 1. The van der Waals surface area contributed by atoms with Gasteiger partial charge in [-0.3, -0.25) is 9.69 Å². The molecule has 33 heavy (non-hydrogen) atoms. The Morgan fingerprint density at radius 2 is 1.85 bits per heavy atom. The number of carbonyl (C=O) groups is 1. The van der Waals surface area contributed by atoms with Crippen LogP contribution in [0.2, 0.25) is 0 Å². The molecule has 8 heteroatoms. The van der Waals surface area contributed by atoms with Crippen LogP contribution in [0.3, 0.4) is 0 Å². The molecule has 176 valence electrons. The summed E-state index contributed by atoms with van der Waals surface area (Å²) in [5, 5.41) is 6.09. The topological polar surface area (TPSA) is 63.6 Å². The number of benzene rings is 2.